The lowest BCUT2D eigenvalue weighted by Gasteiger charge is -2.33. The fourth-order valence-corrected chi connectivity index (χ4v) is 4.11. The van der Waals surface area contributed by atoms with E-state index in [0.717, 1.165) is 0 Å². The number of piperidine rings is 1. The van der Waals surface area contributed by atoms with Crippen molar-refractivity contribution >= 4 is 15.8 Å². The Morgan fingerprint density at radius 1 is 1.36 bits per heavy atom. The van der Waals surface area contributed by atoms with Gasteiger partial charge in [-0.25, -0.2) is 18.4 Å². The molecule has 0 N–H and O–H groups in total. The Balaban J connectivity index is 1.70. The van der Waals surface area contributed by atoms with Crippen molar-refractivity contribution in [1.82, 2.24) is 24.1 Å². The number of aromatic nitrogens is 4. The topological polar surface area (TPSA) is 93.5 Å². The molecule has 1 aliphatic rings. The molecule has 28 heavy (non-hydrogen) atoms. The second kappa shape index (κ2) is 8.45. The van der Waals surface area contributed by atoms with Crippen LogP contribution in [0.25, 0.3) is 0 Å². The number of rotatable bonds is 7. The van der Waals surface area contributed by atoms with Gasteiger partial charge < -0.3 is 9.64 Å². The summed E-state index contributed by atoms with van der Waals surface area (Å²) in [6, 6.07) is 3.04. The van der Waals surface area contributed by atoms with Crippen LogP contribution in [0, 0.1) is 0 Å². The molecule has 0 amide bonds. The Morgan fingerprint density at radius 3 is 2.75 bits per heavy atom. The molecular weight excluding hydrogens is 394 g/mol. The van der Waals surface area contributed by atoms with Crippen LogP contribution in [-0.4, -0.2) is 65.3 Å². The first kappa shape index (κ1) is 20.6. The van der Waals surface area contributed by atoms with Crippen LogP contribution in [0.15, 0.2) is 29.6 Å². The normalized spacial score (nSPS) is 18.2. The van der Waals surface area contributed by atoms with Gasteiger partial charge in [-0.15, -0.1) is 0 Å². The van der Waals surface area contributed by atoms with Gasteiger partial charge in [0.15, 0.2) is 0 Å². The summed E-state index contributed by atoms with van der Waals surface area (Å²) in [5.41, 5.74) is 0. The highest BCUT2D eigenvalue weighted by atomic mass is 32.2. The monoisotopic (exact) mass is 416 g/mol. The molecule has 1 aliphatic heterocycles. The van der Waals surface area contributed by atoms with Crippen molar-refractivity contribution in [3.8, 4) is 0 Å². The predicted octanol–water partition coefficient (Wildman–Crippen LogP) is 1.24. The Kier molecular flexibility index (Phi) is 6.20. The van der Waals surface area contributed by atoms with Crippen molar-refractivity contribution in [3.63, 3.8) is 0 Å². The molecule has 1 saturated heterocycles. The number of hydrogen-bond acceptors (Lipinski definition) is 7. The number of sulfonamides is 1. The van der Waals surface area contributed by atoms with Crippen LogP contribution in [0.4, 0.5) is 14.6 Å². The molecule has 3 heterocycles. The largest absolute Gasteiger partial charge is 0.354 e. The maximum Gasteiger partial charge on any atom is 0.345 e. The number of anilines is 1. The van der Waals surface area contributed by atoms with Gasteiger partial charge in [-0.2, -0.15) is 18.2 Å². The Bertz CT molecular complexity index is 890. The van der Waals surface area contributed by atoms with E-state index in [1.165, 1.54) is 34.6 Å². The van der Waals surface area contributed by atoms with Crippen LogP contribution >= 0.6 is 0 Å². The highest BCUT2D eigenvalue weighted by Gasteiger charge is 2.26. The van der Waals surface area contributed by atoms with Crippen molar-refractivity contribution in [1.29, 1.82) is 0 Å². The van der Waals surface area contributed by atoms with Crippen LogP contribution in [-0.2, 0) is 28.4 Å². The molecular formula is C16H22F2N6O3S. The van der Waals surface area contributed by atoms with E-state index in [9.17, 15) is 17.2 Å². The fraction of sp³-hybridized carbons (Fsp3) is 0.562. The molecule has 1 fully saturated rings. The Labute approximate surface area is 162 Å². The lowest BCUT2D eigenvalue weighted by Crippen LogP contribution is -2.40. The van der Waals surface area contributed by atoms with E-state index in [0.29, 0.717) is 31.0 Å². The summed E-state index contributed by atoms with van der Waals surface area (Å²) >= 11 is 0. The van der Waals surface area contributed by atoms with Crippen LogP contribution < -0.4 is 4.90 Å². The first-order chi connectivity index (χ1) is 13.3. The maximum atomic E-state index is 12.7. The van der Waals surface area contributed by atoms with E-state index in [1.54, 1.807) is 13.1 Å². The first-order valence-electron chi connectivity index (χ1n) is 8.71. The van der Waals surface area contributed by atoms with Crippen molar-refractivity contribution in [3.05, 3.63) is 30.5 Å². The van der Waals surface area contributed by atoms with Crippen molar-refractivity contribution in [2.45, 2.75) is 37.0 Å². The van der Waals surface area contributed by atoms with E-state index in [1.807, 2.05) is 4.90 Å². The zero-order valence-corrected chi connectivity index (χ0v) is 16.4. The SMILES string of the molecule is CN(Cc1ncnn1C)S(=O)(=O)c1ccc(N2CCC[C@@H](OC(F)F)C2)nc1. The molecule has 2 aromatic heterocycles. The molecule has 0 bridgehead atoms. The minimum atomic E-state index is -3.76. The molecule has 0 spiro atoms. The fourth-order valence-electron chi connectivity index (χ4n) is 3.04. The quantitative estimate of drug-likeness (QED) is 0.670. The summed E-state index contributed by atoms with van der Waals surface area (Å²) in [7, 11) is -0.622. The molecule has 0 aliphatic carbocycles. The first-order valence-corrected chi connectivity index (χ1v) is 10.1. The Hall–Kier alpha value is -2.18. The molecule has 9 nitrogen and oxygen atoms in total. The third-order valence-corrected chi connectivity index (χ3v) is 6.38. The summed E-state index contributed by atoms with van der Waals surface area (Å²) in [6.07, 6.45) is 3.31. The predicted molar refractivity (Wildman–Crippen MR) is 96.2 cm³/mol. The molecule has 154 valence electrons. The number of hydrogen-bond donors (Lipinski definition) is 0. The van der Waals surface area contributed by atoms with Crippen molar-refractivity contribution in [2.75, 3.05) is 25.0 Å². The van der Waals surface area contributed by atoms with E-state index in [2.05, 4.69) is 19.8 Å². The third kappa shape index (κ3) is 4.62. The van der Waals surface area contributed by atoms with E-state index in [-0.39, 0.29) is 18.0 Å². The number of nitrogens with zero attached hydrogens (tertiary/aromatic N) is 6. The zero-order chi connectivity index (χ0) is 20.3. The minimum Gasteiger partial charge on any atom is -0.354 e. The number of halogens is 2. The van der Waals surface area contributed by atoms with Gasteiger partial charge in [-0.05, 0) is 25.0 Å². The number of alkyl halides is 2. The molecule has 0 radical (unpaired) electrons. The summed E-state index contributed by atoms with van der Waals surface area (Å²) in [5, 5.41) is 3.92. The van der Waals surface area contributed by atoms with Gasteiger partial charge in [-0.1, -0.05) is 0 Å². The molecule has 0 saturated carbocycles. The van der Waals surface area contributed by atoms with Gasteiger partial charge in [0.05, 0.1) is 12.6 Å². The summed E-state index contributed by atoms with van der Waals surface area (Å²) in [6.45, 7) is -1.81. The van der Waals surface area contributed by atoms with Crippen molar-refractivity contribution in [2.24, 2.45) is 7.05 Å². The third-order valence-electron chi connectivity index (χ3n) is 4.60. The molecule has 2 aromatic rings. The number of aryl methyl sites for hydroxylation is 1. The highest BCUT2D eigenvalue weighted by molar-refractivity contribution is 7.89. The second-order valence-electron chi connectivity index (χ2n) is 6.52. The highest BCUT2D eigenvalue weighted by Crippen LogP contribution is 2.23. The van der Waals surface area contributed by atoms with Gasteiger partial charge in [0.1, 0.15) is 22.9 Å². The zero-order valence-electron chi connectivity index (χ0n) is 15.6. The molecule has 0 aromatic carbocycles. The van der Waals surface area contributed by atoms with E-state index < -0.39 is 22.7 Å². The van der Waals surface area contributed by atoms with Crippen LogP contribution in [0.5, 0.6) is 0 Å². The van der Waals surface area contributed by atoms with E-state index in [4.69, 9.17) is 0 Å². The van der Waals surface area contributed by atoms with Crippen LogP contribution in [0.1, 0.15) is 18.7 Å². The molecule has 3 rings (SSSR count). The lowest BCUT2D eigenvalue weighted by atomic mass is 10.1. The van der Waals surface area contributed by atoms with Crippen molar-refractivity contribution < 1.29 is 21.9 Å². The summed E-state index contributed by atoms with van der Waals surface area (Å²) in [4.78, 5) is 10.1. The summed E-state index contributed by atoms with van der Waals surface area (Å²) < 4.78 is 57.6. The molecule has 1 atom stereocenters. The lowest BCUT2D eigenvalue weighted by molar-refractivity contribution is -0.163. The number of ether oxygens (including phenoxy) is 1. The maximum absolute atomic E-state index is 12.7. The summed E-state index contributed by atoms with van der Waals surface area (Å²) in [5.74, 6) is 1.03. The smallest absolute Gasteiger partial charge is 0.345 e. The van der Waals surface area contributed by atoms with Gasteiger partial charge in [-0.3, -0.25) is 4.68 Å². The molecule has 12 heteroatoms. The average molecular weight is 416 g/mol. The van der Waals surface area contributed by atoms with E-state index >= 15 is 0 Å². The van der Waals surface area contributed by atoms with Crippen LogP contribution in [0.3, 0.4) is 0 Å². The van der Waals surface area contributed by atoms with Gasteiger partial charge >= 0.3 is 6.61 Å². The molecule has 0 unspecified atom stereocenters. The van der Waals surface area contributed by atoms with Gasteiger partial charge in [0.25, 0.3) is 0 Å². The minimum absolute atomic E-state index is 0.0401. The van der Waals surface area contributed by atoms with Gasteiger partial charge in [0.2, 0.25) is 10.0 Å². The average Bonchev–Trinajstić information content (AvgIpc) is 3.06. The standard InChI is InChI=1S/C16H22F2N6O3S/c1-22(10-15-20-11-21-23(15)2)28(25,26)13-5-6-14(19-8-13)24-7-3-4-12(9-24)27-16(17)18/h5-6,8,11-12,16H,3-4,7,9-10H2,1-2H3/t12-/m1/s1. The van der Waals surface area contributed by atoms with Gasteiger partial charge in [0, 0.05) is 33.4 Å². The Morgan fingerprint density at radius 2 is 2.14 bits per heavy atom. The van der Waals surface area contributed by atoms with Crippen LogP contribution in [0.2, 0.25) is 0 Å². The number of pyridine rings is 1. The second-order valence-corrected chi connectivity index (χ2v) is 8.56.